The molecule has 4 fully saturated rings. The summed E-state index contributed by atoms with van der Waals surface area (Å²) < 4.78 is 51.3. The van der Waals surface area contributed by atoms with Crippen LogP contribution in [0.3, 0.4) is 0 Å². The number of likely N-dealkylation sites (tertiary alicyclic amines) is 2. The summed E-state index contributed by atoms with van der Waals surface area (Å²) in [5.74, 6) is 2.44. The van der Waals surface area contributed by atoms with Crippen molar-refractivity contribution in [1.82, 2.24) is 9.80 Å². The number of hydrogen-bond acceptors (Lipinski definition) is 5. The van der Waals surface area contributed by atoms with Gasteiger partial charge < -0.3 is 16.0 Å². The molecule has 4 aliphatic rings. The van der Waals surface area contributed by atoms with Gasteiger partial charge in [0.25, 0.3) is 0 Å². The molecule has 0 radical (unpaired) electrons. The number of halogens is 3. The first-order valence-electron chi connectivity index (χ1n) is 17.0. The van der Waals surface area contributed by atoms with E-state index in [1.165, 1.54) is 30.0 Å². The van der Waals surface area contributed by atoms with Gasteiger partial charge in [-0.25, -0.2) is 0 Å². The maximum Gasteiger partial charge on any atom is 1.00 e. The minimum Gasteiger partial charge on any atom is -1.00 e. The number of rotatable bonds is 9. The maximum atomic E-state index is 13.1. The molecular formula is C39H52F3KN2O3. The second-order valence-corrected chi connectivity index (χ2v) is 13.6. The van der Waals surface area contributed by atoms with Crippen molar-refractivity contribution in [2.24, 2.45) is 23.7 Å². The Bertz CT molecular complexity index is 1380. The predicted octanol–water partition coefficient (Wildman–Crippen LogP) is 5.43. The molecular weight excluding hydrogens is 641 g/mol. The van der Waals surface area contributed by atoms with Crippen molar-refractivity contribution in [1.29, 1.82) is 0 Å². The minimum absolute atomic E-state index is 0. The fraction of sp³-hybridized carbons (Fsp3) is 0.538. The van der Waals surface area contributed by atoms with Crippen LogP contribution in [0.1, 0.15) is 64.6 Å². The monoisotopic (exact) mass is 692 g/mol. The topological polar surface area (TPSA) is 45.2 Å². The molecule has 1 N–H and O–H groups in total. The van der Waals surface area contributed by atoms with E-state index in [1.54, 1.807) is 0 Å². The van der Waals surface area contributed by atoms with E-state index >= 15 is 0 Å². The molecule has 3 aromatic carbocycles. The molecule has 2 saturated carbocycles. The molecule has 48 heavy (non-hydrogen) atoms. The fourth-order valence-corrected chi connectivity index (χ4v) is 7.95. The average Bonchev–Trinajstić information content (AvgIpc) is 3.39. The molecule has 0 amide bonds. The van der Waals surface area contributed by atoms with Crippen LogP contribution in [0.2, 0.25) is 0 Å². The second-order valence-electron chi connectivity index (χ2n) is 13.6. The number of piperidine rings is 2. The molecule has 2 saturated heterocycles. The number of aliphatic hydroxyl groups is 1. The minimum atomic E-state index is -4.40. The Labute approximate surface area is 329 Å². The van der Waals surface area contributed by atoms with Gasteiger partial charge in [-0.15, -0.1) is 0 Å². The largest absolute Gasteiger partial charge is 1.00 e. The summed E-state index contributed by atoms with van der Waals surface area (Å²) in [6.45, 7) is 8.30. The van der Waals surface area contributed by atoms with Crippen LogP contribution in [0.4, 0.5) is 13.2 Å². The summed E-state index contributed by atoms with van der Waals surface area (Å²) in [6, 6.07) is 24.6. The van der Waals surface area contributed by atoms with Crippen LogP contribution in [0, 0.1) is 23.7 Å². The van der Waals surface area contributed by atoms with Gasteiger partial charge in [0.05, 0.1) is 18.3 Å². The van der Waals surface area contributed by atoms with E-state index < -0.39 is 11.7 Å². The molecule has 258 valence electrons. The Kier molecular flexibility index (Phi) is 14.9. The van der Waals surface area contributed by atoms with Gasteiger partial charge in [-0.3, -0.25) is 9.80 Å². The van der Waals surface area contributed by atoms with E-state index in [0.29, 0.717) is 36.0 Å². The fourth-order valence-electron chi connectivity index (χ4n) is 7.95. The van der Waals surface area contributed by atoms with E-state index in [2.05, 4.69) is 64.4 Å². The van der Waals surface area contributed by atoms with Gasteiger partial charge in [-0.1, -0.05) is 75.0 Å². The summed E-state index contributed by atoms with van der Waals surface area (Å²) >= 11 is 0. The number of alkyl halides is 3. The molecule has 5 nitrogen and oxygen atoms in total. The van der Waals surface area contributed by atoms with Gasteiger partial charge in [0.1, 0.15) is 6.10 Å². The van der Waals surface area contributed by atoms with Crippen LogP contribution in [-0.4, -0.2) is 59.9 Å². The number of benzene rings is 3. The summed E-state index contributed by atoms with van der Waals surface area (Å²) in [6.07, 6.45) is 0.945. The van der Waals surface area contributed by atoms with Crippen LogP contribution >= 0.6 is 0 Å². The second kappa shape index (κ2) is 18.2. The summed E-state index contributed by atoms with van der Waals surface area (Å²) in [7, 11) is 0. The molecule has 2 unspecified atom stereocenters. The number of aliphatic hydroxyl groups excluding tert-OH is 1. The van der Waals surface area contributed by atoms with E-state index in [4.69, 9.17) is 9.47 Å². The Morgan fingerprint density at radius 1 is 0.729 bits per heavy atom. The SMILES string of the molecule is C.CCCOc1cc(C(F)(F)F)ccc1OC1[C@@H]2CC[C@H]1CN(Cc1ccccc1)C2.OC1[C@@H]2CC[C@H]1CN(Cc1ccccc1)C2.[H-].[K+]. The van der Waals surface area contributed by atoms with Crippen LogP contribution in [0.5, 0.6) is 11.5 Å². The summed E-state index contributed by atoms with van der Waals surface area (Å²) in [5.41, 5.74) is 1.98. The van der Waals surface area contributed by atoms with Crippen molar-refractivity contribution in [2.45, 2.75) is 77.9 Å². The van der Waals surface area contributed by atoms with Crippen molar-refractivity contribution in [3.8, 4) is 11.5 Å². The molecule has 3 aromatic rings. The number of fused-ring (bicyclic) bond motifs is 4. The maximum absolute atomic E-state index is 13.1. The van der Waals surface area contributed by atoms with Crippen molar-refractivity contribution in [2.75, 3.05) is 32.8 Å². The third-order valence-corrected chi connectivity index (χ3v) is 10.2. The Hall–Kier alpha value is -1.43. The van der Waals surface area contributed by atoms with E-state index in [1.807, 2.05) is 13.0 Å². The van der Waals surface area contributed by atoms with Crippen LogP contribution in [-0.2, 0) is 19.3 Å². The normalized spacial score (nSPS) is 26.4. The molecule has 2 aliphatic heterocycles. The number of nitrogens with zero attached hydrogens (tertiary/aromatic N) is 2. The average molecular weight is 693 g/mol. The van der Waals surface area contributed by atoms with Gasteiger partial charge in [-0.2, -0.15) is 13.2 Å². The molecule has 4 bridgehead atoms. The van der Waals surface area contributed by atoms with Crippen LogP contribution < -0.4 is 60.9 Å². The van der Waals surface area contributed by atoms with Crippen molar-refractivity contribution in [3.05, 3.63) is 95.6 Å². The van der Waals surface area contributed by atoms with Crippen molar-refractivity contribution < 1.29 is 80.6 Å². The summed E-state index contributed by atoms with van der Waals surface area (Å²) in [4.78, 5) is 4.98. The predicted molar refractivity (Wildman–Crippen MR) is 181 cm³/mol. The van der Waals surface area contributed by atoms with E-state index in [9.17, 15) is 18.3 Å². The molecule has 9 heteroatoms. The zero-order chi connectivity index (χ0) is 32.1. The molecule has 7 rings (SSSR count). The zero-order valence-corrected chi connectivity index (χ0v) is 30.9. The van der Waals surface area contributed by atoms with Gasteiger partial charge >= 0.3 is 57.6 Å². The third-order valence-electron chi connectivity index (χ3n) is 10.2. The van der Waals surface area contributed by atoms with Gasteiger partial charge in [0, 0.05) is 51.1 Å². The number of hydrogen-bond donors (Lipinski definition) is 1. The van der Waals surface area contributed by atoms with Gasteiger partial charge in [0.2, 0.25) is 0 Å². The Balaban J connectivity index is 0.000000291. The number of ether oxygens (including phenoxy) is 2. The molecule has 6 atom stereocenters. The van der Waals surface area contributed by atoms with Crippen LogP contribution in [0.15, 0.2) is 78.9 Å². The van der Waals surface area contributed by atoms with Crippen molar-refractivity contribution >= 4 is 0 Å². The first kappa shape index (κ1) is 39.4. The first-order valence-corrected chi connectivity index (χ1v) is 17.0. The Morgan fingerprint density at radius 3 is 1.69 bits per heavy atom. The smallest absolute Gasteiger partial charge is 1.00 e. The Morgan fingerprint density at radius 2 is 1.21 bits per heavy atom. The molecule has 0 spiro atoms. The van der Waals surface area contributed by atoms with Crippen LogP contribution in [0.25, 0.3) is 0 Å². The standard InChI is InChI=1S/C24H28F3NO2.C14H19NO.CH4.K.H/c1-2-12-29-22-13-20(24(25,26)27)10-11-21(22)30-23-18-8-9-19(23)16-28(15-18)14-17-6-4-3-5-7-17;16-14-12-6-7-13(14)10-15(9-12)8-11-4-2-1-3-5-11;;;/h3-7,10-11,13,18-19,23H,2,8-9,12,14-16H2,1H3;1-5,12-14,16H,6-10H2;1H4;;/q;;;+1;-1/t18-,19+,23?;12-,13+,14?;;;. The van der Waals surface area contributed by atoms with E-state index in [0.717, 1.165) is 70.7 Å². The molecule has 2 aliphatic carbocycles. The van der Waals surface area contributed by atoms with Gasteiger partial charge in [0.15, 0.2) is 11.5 Å². The summed E-state index contributed by atoms with van der Waals surface area (Å²) in [5, 5.41) is 9.97. The molecule has 0 aromatic heterocycles. The zero-order valence-electron chi connectivity index (χ0n) is 28.7. The molecule has 2 heterocycles. The van der Waals surface area contributed by atoms with Crippen molar-refractivity contribution in [3.63, 3.8) is 0 Å². The quantitative estimate of drug-likeness (QED) is 0.304. The first-order chi connectivity index (χ1) is 22.3. The third kappa shape index (κ3) is 10.1. The van der Waals surface area contributed by atoms with Gasteiger partial charge in [-0.05, 0) is 73.3 Å². The van der Waals surface area contributed by atoms with E-state index in [-0.39, 0.29) is 78.2 Å².